The predicted molar refractivity (Wildman–Crippen MR) is 78.6 cm³/mol. The standard InChI is InChI=1S/C16H18N2O2/c1-11-5-3-8-15(17-11)18-13-9-12-6-4-7-14(19-2)16(12)20-10-13/h3-8,13H,9-10H2,1-2H3,(H,17,18). The quantitative estimate of drug-likeness (QED) is 0.931. The van der Waals surface area contributed by atoms with Gasteiger partial charge in [0.25, 0.3) is 0 Å². The molecule has 4 nitrogen and oxygen atoms in total. The summed E-state index contributed by atoms with van der Waals surface area (Å²) in [6.07, 6.45) is 0.905. The average molecular weight is 270 g/mol. The van der Waals surface area contributed by atoms with Gasteiger partial charge in [-0.3, -0.25) is 0 Å². The monoisotopic (exact) mass is 270 g/mol. The van der Waals surface area contributed by atoms with Crippen molar-refractivity contribution in [2.45, 2.75) is 19.4 Å². The minimum atomic E-state index is 0.226. The minimum absolute atomic E-state index is 0.226. The van der Waals surface area contributed by atoms with E-state index >= 15 is 0 Å². The minimum Gasteiger partial charge on any atom is -0.493 e. The van der Waals surface area contributed by atoms with Crippen LogP contribution in [0, 0.1) is 6.92 Å². The maximum absolute atomic E-state index is 5.85. The normalized spacial score (nSPS) is 17.0. The summed E-state index contributed by atoms with van der Waals surface area (Å²) in [5.74, 6) is 2.56. The molecule has 0 saturated heterocycles. The van der Waals surface area contributed by atoms with E-state index in [-0.39, 0.29) is 6.04 Å². The SMILES string of the molecule is COc1cccc2c1OCC(Nc1cccc(C)n1)C2. The van der Waals surface area contributed by atoms with Crippen LogP contribution in [0.3, 0.4) is 0 Å². The van der Waals surface area contributed by atoms with Crippen molar-refractivity contribution < 1.29 is 9.47 Å². The zero-order valence-electron chi connectivity index (χ0n) is 11.7. The molecule has 0 aliphatic carbocycles. The van der Waals surface area contributed by atoms with Gasteiger partial charge < -0.3 is 14.8 Å². The molecule has 1 N–H and O–H groups in total. The Morgan fingerprint density at radius 1 is 1.25 bits per heavy atom. The Balaban J connectivity index is 1.76. The van der Waals surface area contributed by atoms with Crippen molar-refractivity contribution in [1.29, 1.82) is 0 Å². The van der Waals surface area contributed by atoms with E-state index in [4.69, 9.17) is 9.47 Å². The van der Waals surface area contributed by atoms with Gasteiger partial charge in [0.15, 0.2) is 11.5 Å². The Bertz CT molecular complexity index is 613. The van der Waals surface area contributed by atoms with Crippen LogP contribution < -0.4 is 14.8 Å². The molecule has 0 spiro atoms. The summed E-state index contributed by atoms with van der Waals surface area (Å²) in [4.78, 5) is 4.47. The third kappa shape index (κ3) is 2.54. The molecule has 1 atom stereocenters. The van der Waals surface area contributed by atoms with E-state index in [0.29, 0.717) is 6.61 Å². The Hall–Kier alpha value is -2.23. The zero-order valence-corrected chi connectivity index (χ0v) is 11.7. The van der Waals surface area contributed by atoms with E-state index in [2.05, 4.69) is 16.4 Å². The topological polar surface area (TPSA) is 43.4 Å². The summed E-state index contributed by atoms with van der Waals surface area (Å²) in [5.41, 5.74) is 2.18. The van der Waals surface area contributed by atoms with Crippen LogP contribution in [0.25, 0.3) is 0 Å². The van der Waals surface area contributed by atoms with Gasteiger partial charge in [0.1, 0.15) is 12.4 Å². The molecule has 1 aromatic heterocycles. The van der Waals surface area contributed by atoms with E-state index in [0.717, 1.165) is 29.4 Å². The number of fused-ring (bicyclic) bond motifs is 1. The second-order valence-corrected chi connectivity index (χ2v) is 4.97. The van der Waals surface area contributed by atoms with Crippen LogP contribution in [0.5, 0.6) is 11.5 Å². The van der Waals surface area contributed by atoms with Crippen molar-refractivity contribution in [3.05, 3.63) is 47.7 Å². The lowest BCUT2D eigenvalue weighted by Gasteiger charge is -2.27. The fraction of sp³-hybridized carbons (Fsp3) is 0.312. The number of benzene rings is 1. The third-order valence-electron chi connectivity index (χ3n) is 3.42. The Morgan fingerprint density at radius 2 is 2.10 bits per heavy atom. The van der Waals surface area contributed by atoms with Crippen molar-refractivity contribution >= 4 is 5.82 Å². The number of aromatic nitrogens is 1. The Labute approximate surface area is 118 Å². The van der Waals surface area contributed by atoms with Gasteiger partial charge in [-0.1, -0.05) is 18.2 Å². The van der Waals surface area contributed by atoms with E-state index < -0.39 is 0 Å². The van der Waals surface area contributed by atoms with Crippen LogP contribution in [-0.4, -0.2) is 24.7 Å². The van der Waals surface area contributed by atoms with E-state index in [1.165, 1.54) is 5.56 Å². The fourth-order valence-electron chi connectivity index (χ4n) is 2.48. The molecule has 3 rings (SSSR count). The first kappa shape index (κ1) is 12.8. The maximum Gasteiger partial charge on any atom is 0.164 e. The van der Waals surface area contributed by atoms with Gasteiger partial charge in [-0.15, -0.1) is 0 Å². The highest BCUT2D eigenvalue weighted by Crippen LogP contribution is 2.34. The lowest BCUT2D eigenvalue weighted by Crippen LogP contribution is -2.33. The Kier molecular flexibility index (Phi) is 3.46. The molecule has 0 bridgehead atoms. The summed E-state index contributed by atoms with van der Waals surface area (Å²) in [6, 6.07) is 12.2. The van der Waals surface area contributed by atoms with Crippen molar-refractivity contribution in [3.63, 3.8) is 0 Å². The predicted octanol–water partition coefficient (Wildman–Crippen LogP) is 2.81. The molecule has 20 heavy (non-hydrogen) atoms. The van der Waals surface area contributed by atoms with E-state index in [1.807, 2.05) is 37.3 Å². The third-order valence-corrected chi connectivity index (χ3v) is 3.42. The molecule has 2 heterocycles. The molecule has 1 aliphatic rings. The molecule has 1 aliphatic heterocycles. The number of nitrogens with one attached hydrogen (secondary N) is 1. The number of anilines is 1. The van der Waals surface area contributed by atoms with Gasteiger partial charge >= 0.3 is 0 Å². The summed E-state index contributed by atoms with van der Waals surface area (Å²) in [5, 5.41) is 3.42. The van der Waals surface area contributed by atoms with Crippen LogP contribution in [0.4, 0.5) is 5.82 Å². The lowest BCUT2D eigenvalue weighted by molar-refractivity contribution is 0.256. The second-order valence-electron chi connectivity index (χ2n) is 4.97. The molecule has 0 amide bonds. The summed E-state index contributed by atoms with van der Waals surface area (Å²) >= 11 is 0. The number of hydrogen-bond donors (Lipinski definition) is 1. The number of para-hydroxylation sites is 1. The number of rotatable bonds is 3. The largest absolute Gasteiger partial charge is 0.493 e. The zero-order chi connectivity index (χ0) is 13.9. The van der Waals surface area contributed by atoms with E-state index in [1.54, 1.807) is 7.11 Å². The highest BCUT2D eigenvalue weighted by molar-refractivity contribution is 5.49. The molecule has 1 aromatic carbocycles. The molecule has 0 fully saturated rings. The van der Waals surface area contributed by atoms with Crippen LogP contribution >= 0.6 is 0 Å². The van der Waals surface area contributed by atoms with Gasteiger partial charge in [-0.05, 0) is 31.5 Å². The van der Waals surface area contributed by atoms with Crippen molar-refractivity contribution in [2.75, 3.05) is 19.0 Å². The fourth-order valence-corrected chi connectivity index (χ4v) is 2.48. The van der Waals surface area contributed by atoms with Gasteiger partial charge in [-0.25, -0.2) is 4.98 Å². The first-order valence-electron chi connectivity index (χ1n) is 6.75. The first-order valence-corrected chi connectivity index (χ1v) is 6.75. The number of hydrogen-bond acceptors (Lipinski definition) is 4. The van der Waals surface area contributed by atoms with Gasteiger partial charge in [0.2, 0.25) is 0 Å². The van der Waals surface area contributed by atoms with Crippen LogP contribution in [0.1, 0.15) is 11.3 Å². The van der Waals surface area contributed by atoms with E-state index in [9.17, 15) is 0 Å². The van der Waals surface area contributed by atoms with Crippen LogP contribution in [0.2, 0.25) is 0 Å². The van der Waals surface area contributed by atoms with Crippen molar-refractivity contribution in [1.82, 2.24) is 4.98 Å². The molecular formula is C16H18N2O2. The highest BCUT2D eigenvalue weighted by atomic mass is 16.5. The number of aryl methyl sites for hydroxylation is 1. The lowest BCUT2D eigenvalue weighted by atomic mass is 10.0. The molecule has 0 radical (unpaired) electrons. The molecule has 2 aromatic rings. The van der Waals surface area contributed by atoms with Gasteiger partial charge in [0.05, 0.1) is 13.2 Å². The van der Waals surface area contributed by atoms with Crippen LogP contribution in [0.15, 0.2) is 36.4 Å². The smallest absolute Gasteiger partial charge is 0.164 e. The number of pyridine rings is 1. The van der Waals surface area contributed by atoms with Crippen molar-refractivity contribution in [2.24, 2.45) is 0 Å². The molecule has 4 heteroatoms. The summed E-state index contributed by atoms with van der Waals surface area (Å²) in [7, 11) is 1.67. The summed E-state index contributed by atoms with van der Waals surface area (Å²) in [6.45, 7) is 2.60. The number of methoxy groups -OCH3 is 1. The second kappa shape index (κ2) is 5.41. The first-order chi connectivity index (χ1) is 9.76. The highest BCUT2D eigenvalue weighted by Gasteiger charge is 2.22. The average Bonchev–Trinajstić information content (AvgIpc) is 2.46. The molecule has 0 saturated carbocycles. The molecular weight excluding hydrogens is 252 g/mol. The maximum atomic E-state index is 5.85. The van der Waals surface area contributed by atoms with Crippen molar-refractivity contribution in [3.8, 4) is 11.5 Å². The number of nitrogens with zero attached hydrogens (tertiary/aromatic N) is 1. The molecule has 104 valence electrons. The Morgan fingerprint density at radius 3 is 2.90 bits per heavy atom. The molecule has 1 unspecified atom stereocenters. The van der Waals surface area contributed by atoms with Crippen LogP contribution in [-0.2, 0) is 6.42 Å². The summed E-state index contributed by atoms with van der Waals surface area (Å²) < 4.78 is 11.2. The number of ether oxygens (including phenoxy) is 2. The van der Waals surface area contributed by atoms with Gasteiger partial charge in [-0.2, -0.15) is 0 Å². The van der Waals surface area contributed by atoms with Gasteiger partial charge in [0, 0.05) is 11.3 Å².